The number of hydrogen-bond acceptors (Lipinski definition) is 2. The van der Waals surface area contributed by atoms with Gasteiger partial charge in [0, 0.05) is 0 Å². The van der Waals surface area contributed by atoms with E-state index in [1.165, 1.54) is 24.8 Å². The number of allylic oxidation sites excluding steroid dienone is 3. The zero-order valence-electron chi connectivity index (χ0n) is 22.0. The minimum Gasteiger partial charge on any atom is -0.393 e. The molecule has 32 heavy (non-hydrogen) atoms. The zero-order chi connectivity index (χ0) is 23.7. The van der Waals surface area contributed by atoms with Crippen LogP contribution in [-0.2, 0) is 0 Å². The second-order valence-corrected chi connectivity index (χ2v) is 13.9. The van der Waals surface area contributed by atoms with Crippen LogP contribution in [-0.4, -0.2) is 22.4 Å². The van der Waals surface area contributed by atoms with E-state index >= 15 is 0 Å². The maximum atomic E-state index is 10.8. The standard InChI is InChI=1S/C30H50O2/c1-19-9-13-23-27(3,4)25(31)15-17-29(23,7)21(19)11-12-22-20(2)10-14-24-28(5,6)26(32)16-18-30(22,24)8/h10,21-26,31-32H,1,9,11-18H2,2-8H3/t21-,22-,23-,24-,25-,26+,29+,30+/m0/s1. The predicted octanol–water partition coefficient (Wildman–Crippen LogP) is 7.31. The van der Waals surface area contributed by atoms with Crippen LogP contribution < -0.4 is 0 Å². The molecule has 0 radical (unpaired) electrons. The second-order valence-electron chi connectivity index (χ2n) is 13.9. The summed E-state index contributed by atoms with van der Waals surface area (Å²) in [5, 5.41) is 21.6. The lowest BCUT2D eigenvalue weighted by molar-refractivity contribution is -0.130. The van der Waals surface area contributed by atoms with Crippen LogP contribution in [0, 0.1) is 45.3 Å². The van der Waals surface area contributed by atoms with E-state index in [2.05, 4.69) is 61.1 Å². The van der Waals surface area contributed by atoms with Gasteiger partial charge in [-0.15, -0.1) is 0 Å². The number of aliphatic hydroxyl groups excluding tert-OH is 2. The van der Waals surface area contributed by atoms with Gasteiger partial charge >= 0.3 is 0 Å². The Kier molecular flexibility index (Phi) is 6.11. The Labute approximate surface area is 198 Å². The van der Waals surface area contributed by atoms with Crippen molar-refractivity contribution in [2.45, 2.75) is 118 Å². The summed E-state index contributed by atoms with van der Waals surface area (Å²) >= 11 is 0. The first-order chi connectivity index (χ1) is 14.8. The van der Waals surface area contributed by atoms with E-state index in [9.17, 15) is 10.2 Å². The van der Waals surface area contributed by atoms with Gasteiger partial charge in [0.1, 0.15) is 0 Å². The van der Waals surface area contributed by atoms with Crippen LogP contribution in [0.2, 0.25) is 0 Å². The first-order valence-corrected chi connectivity index (χ1v) is 13.5. The van der Waals surface area contributed by atoms with Gasteiger partial charge in [0.25, 0.3) is 0 Å². The Balaban J connectivity index is 1.58. The Morgan fingerprint density at radius 3 is 1.91 bits per heavy atom. The molecule has 0 aliphatic heterocycles. The molecular weight excluding hydrogens is 392 g/mol. The quantitative estimate of drug-likeness (QED) is 0.450. The molecule has 0 bridgehead atoms. The maximum Gasteiger partial charge on any atom is 0.0594 e. The van der Waals surface area contributed by atoms with Crippen molar-refractivity contribution < 1.29 is 10.2 Å². The smallest absolute Gasteiger partial charge is 0.0594 e. The topological polar surface area (TPSA) is 40.5 Å². The van der Waals surface area contributed by atoms with E-state index in [1.54, 1.807) is 5.57 Å². The first-order valence-electron chi connectivity index (χ1n) is 13.5. The number of fused-ring (bicyclic) bond motifs is 2. The van der Waals surface area contributed by atoms with Gasteiger partial charge in [-0.3, -0.25) is 0 Å². The van der Waals surface area contributed by atoms with E-state index in [-0.39, 0.29) is 33.9 Å². The van der Waals surface area contributed by atoms with Crippen LogP contribution in [0.15, 0.2) is 23.8 Å². The van der Waals surface area contributed by atoms with E-state index in [1.807, 2.05) is 0 Å². The molecule has 4 aliphatic rings. The molecule has 2 N–H and O–H groups in total. The molecule has 0 aromatic heterocycles. The van der Waals surface area contributed by atoms with Crippen molar-refractivity contribution >= 4 is 0 Å². The summed E-state index contributed by atoms with van der Waals surface area (Å²) in [6.07, 6.45) is 12.2. The molecule has 2 heteroatoms. The maximum absolute atomic E-state index is 10.8. The Morgan fingerprint density at radius 1 is 0.812 bits per heavy atom. The van der Waals surface area contributed by atoms with Gasteiger partial charge in [-0.1, -0.05) is 65.3 Å². The highest BCUT2D eigenvalue weighted by Crippen LogP contribution is 2.64. The van der Waals surface area contributed by atoms with Crippen LogP contribution in [0.4, 0.5) is 0 Å². The van der Waals surface area contributed by atoms with Crippen molar-refractivity contribution in [3.8, 4) is 0 Å². The average Bonchev–Trinajstić information content (AvgIpc) is 2.69. The molecule has 4 rings (SSSR count). The monoisotopic (exact) mass is 442 g/mol. The highest BCUT2D eigenvalue weighted by Gasteiger charge is 2.57. The predicted molar refractivity (Wildman–Crippen MR) is 134 cm³/mol. The van der Waals surface area contributed by atoms with Gasteiger partial charge in [-0.2, -0.15) is 0 Å². The zero-order valence-corrected chi connectivity index (χ0v) is 22.0. The van der Waals surface area contributed by atoms with E-state index in [4.69, 9.17) is 0 Å². The number of aliphatic hydroxyl groups is 2. The minimum absolute atomic E-state index is 0.00673. The van der Waals surface area contributed by atoms with E-state index in [0.717, 1.165) is 38.5 Å². The fourth-order valence-corrected chi connectivity index (χ4v) is 9.62. The molecule has 2 nitrogen and oxygen atoms in total. The molecule has 0 unspecified atom stereocenters. The molecule has 3 fully saturated rings. The molecule has 0 spiro atoms. The normalized spacial score (nSPS) is 47.9. The molecule has 0 saturated heterocycles. The SMILES string of the molecule is C=C1CC[C@H]2C(C)(C)[C@@H](O)CC[C@]2(C)[C@H]1CC[C@H]1C(C)=CC[C@H]2C(C)(C)[C@H](O)CC[C@]12C. The van der Waals surface area contributed by atoms with Gasteiger partial charge in [0.15, 0.2) is 0 Å². The van der Waals surface area contributed by atoms with Crippen molar-refractivity contribution in [2.24, 2.45) is 45.3 Å². The number of hydrogen-bond donors (Lipinski definition) is 2. The summed E-state index contributed by atoms with van der Waals surface area (Å²) in [7, 11) is 0. The van der Waals surface area contributed by atoms with Gasteiger partial charge in [0.05, 0.1) is 12.2 Å². The van der Waals surface area contributed by atoms with Crippen molar-refractivity contribution in [1.29, 1.82) is 0 Å². The molecule has 0 amide bonds. The van der Waals surface area contributed by atoms with Crippen LogP contribution in [0.25, 0.3) is 0 Å². The summed E-state index contributed by atoms with van der Waals surface area (Å²) in [6, 6.07) is 0. The van der Waals surface area contributed by atoms with Gasteiger partial charge in [-0.05, 0) is 110 Å². The lowest BCUT2D eigenvalue weighted by atomic mass is 9.45. The van der Waals surface area contributed by atoms with Gasteiger partial charge in [0.2, 0.25) is 0 Å². The molecule has 0 aromatic rings. The van der Waals surface area contributed by atoms with Crippen molar-refractivity contribution in [3.63, 3.8) is 0 Å². The largest absolute Gasteiger partial charge is 0.393 e. The lowest BCUT2D eigenvalue weighted by Crippen LogP contribution is -2.55. The fraction of sp³-hybridized carbons (Fsp3) is 0.867. The molecule has 182 valence electrons. The summed E-state index contributed by atoms with van der Waals surface area (Å²) in [5.41, 5.74) is 3.56. The lowest BCUT2D eigenvalue weighted by Gasteiger charge is -2.60. The third-order valence-electron chi connectivity index (χ3n) is 11.8. The van der Waals surface area contributed by atoms with Gasteiger partial charge < -0.3 is 10.2 Å². The molecule has 4 aliphatic carbocycles. The molecule has 3 saturated carbocycles. The highest BCUT2D eigenvalue weighted by molar-refractivity contribution is 5.21. The van der Waals surface area contributed by atoms with Crippen LogP contribution in [0.3, 0.4) is 0 Å². The number of rotatable bonds is 3. The summed E-state index contributed by atoms with van der Waals surface area (Å²) in [4.78, 5) is 0. The van der Waals surface area contributed by atoms with Crippen molar-refractivity contribution in [3.05, 3.63) is 23.8 Å². The molecule has 0 aromatic carbocycles. The molecular formula is C30H50O2. The summed E-state index contributed by atoms with van der Waals surface area (Å²) in [6.45, 7) is 21.2. The van der Waals surface area contributed by atoms with Gasteiger partial charge in [-0.25, -0.2) is 0 Å². The van der Waals surface area contributed by atoms with Crippen LogP contribution in [0.5, 0.6) is 0 Å². The van der Waals surface area contributed by atoms with Crippen molar-refractivity contribution in [2.75, 3.05) is 0 Å². The Morgan fingerprint density at radius 2 is 1.31 bits per heavy atom. The minimum atomic E-state index is -0.179. The van der Waals surface area contributed by atoms with E-state index in [0.29, 0.717) is 23.7 Å². The summed E-state index contributed by atoms with van der Waals surface area (Å²) < 4.78 is 0. The summed E-state index contributed by atoms with van der Waals surface area (Å²) in [5.74, 6) is 2.29. The molecule has 8 atom stereocenters. The average molecular weight is 443 g/mol. The van der Waals surface area contributed by atoms with Crippen LogP contribution in [0.1, 0.15) is 106 Å². The second kappa shape index (κ2) is 7.98. The Bertz CT molecular complexity index is 776. The van der Waals surface area contributed by atoms with Crippen molar-refractivity contribution in [1.82, 2.24) is 0 Å². The first kappa shape index (κ1) is 24.5. The van der Waals surface area contributed by atoms with Crippen LogP contribution >= 0.6 is 0 Å². The third-order valence-corrected chi connectivity index (χ3v) is 11.8. The highest BCUT2D eigenvalue weighted by atomic mass is 16.3. The third kappa shape index (κ3) is 3.49. The Hall–Kier alpha value is -0.600. The molecule has 0 heterocycles. The fourth-order valence-electron chi connectivity index (χ4n) is 9.62. The van der Waals surface area contributed by atoms with E-state index < -0.39 is 0 Å².